The van der Waals surface area contributed by atoms with Crippen molar-refractivity contribution in [3.05, 3.63) is 29.6 Å². The second-order valence-corrected chi connectivity index (χ2v) is 5.41. The van der Waals surface area contributed by atoms with Gasteiger partial charge in [0.2, 0.25) is 0 Å². The Hall–Kier alpha value is -1.62. The highest BCUT2D eigenvalue weighted by Gasteiger charge is 2.27. The third-order valence-corrected chi connectivity index (χ3v) is 3.88. The first kappa shape index (κ1) is 14.8. The number of hydrogen-bond donors (Lipinski definition) is 1. The maximum atomic E-state index is 13.4. The van der Waals surface area contributed by atoms with Crippen LogP contribution in [-0.2, 0) is 0 Å². The number of amides is 1. The Bertz CT molecular complexity index is 492. The fourth-order valence-electron chi connectivity index (χ4n) is 2.73. The number of halogens is 1. The lowest BCUT2D eigenvalue weighted by Gasteiger charge is -2.30. The molecule has 1 heterocycles. The van der Waals surface area contributed by atoms with Crippen LogP contribution in [0.3, 0.4) is 0 Å². The lowest BCUT2D eigenvalue weighted by atomic mass is 10.1. The predicted molar refractivity (Wildman–Crippen MR) is 78.0 cm³/mol. The van der Waals surface area contributed by atoms with Crippen molar-refractivity contribution in [2.75, 3.05) is 32.4 Å². The summed E-state index contributed by atoms with van der Waals surface area (Å²) in [5.74, 6) is -0.591. The van der Waals surface area contributed by atoms with Crippen LogP contribution < -0.4 is 5.73 Å². The van der Waals surface area contributed by atoms with E-state index in [1.54, 1.807) is 0 Å². The van der Waals surface area contributed by atoms with Crippen molar-refractivity contribution in [2.24, 2.45) is 0 Å². The number of anilines is 1. The Balaban J connectivity index is 2.27. The first-order valence-corrected chi connectivity index (χ1v) is 7.07. The van der Waals surface area contributed by atoms with Gasteiger partial charge < -0.3 is 15.5 Å². The van der Waals surface area contributed by atoms with E-state index in [1.807, 2.05) is 4.90 Å². The number of nitrogens with zero attached hydrogens (tertiary/aromatic N) is 2. The van der Waals surface area contributed by atoms with Crippen LogP contribution in [0.1, 0.15) is 30.1 Å². The molecule has 110 valence electrons. The number of hydrogen-bond acceptors (Lipinski definition) is 3. The van der Waals surface area contributed by atoms with Crippen molar-refractivity contribution in [1.29, 1.82) is 0 Å². The van der Waals surface area contributed by atoms with Crippen LogP contribution in [-0.4, -0.2) is 48.4 Å². The number of carbonyl (C=O) groups is 1. The van der Waals surface area contributed by atoms with Crippen molar-refractivity contribution < 1.29 is 9.18 Å². The van der Waals surface area contributed by atoms with Gasteiger partial charge in [0.25, 0.3) is 5.91 Å². The second kappa shape index (κ2) is 6.22. The molecule has 1 aliphatic heterocycles. The Kier molecular flexibility index (Phi) is 4.60. The molecule has 5 heteroatoms. The summed E-state index contributed by atoms with van der Waals surface area (Å²) in [6.07, 6.45) is 1.80. The zero-order valence-corrected chi connectivity index (χ0v) is 12.1. The molecule has 1 amide bonds. The van der Waals surface area contributed by atoms with Gasteiger partial charge in [-0.3, -0.25) is 4.79 Å². The summed E-state index contributed by atoms with van der Waals surface area (Å²) in [6.45, 7) is 4.58. The van der Waals surface area contributed by atoms with E-state index >= 15 is 0 Å². The molecule has 0 saturated carbocycles. The number of likely N-dealkylation sites (N-methyl/N-ethyl adjacent to an activating group) is 1. The van der Waals surface area contributed by atoms with Crippen molar-refractivity contribution >= 4 is 11.6 Å². The summed E-state index contributed by atoms with van der Waals surface area (Å²) in [6, 6.07) is 4.11. The molecule has 1 aromatic rings. The molecular weight excluding hydrogens is 257 g/mol. The standard InChI is InChI=1S/C15H22FN3O/c1-3-12-10-18(2)7-4-8-19(12)15(20)13-9-11(16)5-6-14(13)17/h5-6,9,12H,3-4,7-8,10,17H2,1-2H3. The van der Waals surface area contributed by atoms with Crippen molar-refractivity contribution in [2.45, 2.75) is 25.8 Å². The summed E-state index contributed by atoms with van der Waals surface area (Å²) >= 11 is 0. The number of rotatable bonds is 2. The molecule has 1 saturated heterocycles. The normalized spacial score (nSPS) is 20.8. The molecule has 2 rings (SSSR count). The third kappa shape index (κ3) is 3.10. The smallest absolute Gasteiger partial charge is 0.256 e. The van der Waals surface area contributed by atoms with Gasteiger partial charge in [-0.2, -0.15) is 0 Å². The minimum atomic E-state index is -0.428. The topological polar surface area (TPSA) is 49.6 Å². The van der Waals surface area contributed by atoms with Gasteiger partial charge in [0.1, 0.15) is 5.82 Å². The quantitative estimate of drug-likeness (QED) is 0.842. The van der Waals surface area contributed by atoms with Crippen LogP contribution in [0.2, 0.25) is 0 Å². The zero-order valence-electron chi connectivity index (χ0n) is 12.1. The van der Waals surface area contributed by atoms with E-state index in [4.69, 9.17) is 5.73 Å². The molecule has 1 aliphatic rings. The molecule has 0 aromatic heterocycles. The van der Waals surface area contributed by atoms with Crippen molar-refractivity contribution in [3.8, 4) is 0 Å². The van der Waals surface area contributed by atoms with Crippen LogP contribution in [0.15, 0.2) is 18.2 Å². The molecule has 4 nitrogen and oxygen atoms in total. The molecule has 1 atom stereocenters. The number of nitrogen functional groups attached to an aromatic ring is 1. The Labute approximate surface area is 119 Å². The Morgan fingerprint density at radius 3 is 2.90 bits per heavy atom. The third-order valence-electron chi connectivity index (χ3n) is 3.88. The van der Waals surface area contributed by atoms with Gasteiger partial charge in [0.05, 0.1) is 5.56 Å². The molecule has 0 bridgehead atoms. The van der Waals surface area contributed by atoms with Crippen LogP contribution in [0.4, 0.5) is 10.1 Å². The number of benzene rings is 1. The van der Waals surface area contributed by atoms with Gasteiger partial charge in [0.15, 0.2) is 0 Å². The molecule has 1 unspecified atom stereocenters. The second-order valence-electron chi connectivity index (χ2n) is 5.41. The average molecular weight is 279 g/mol. The van der Waals surface area contributed by atoms with Gasteiger partial charge in [-0.25, -0.2) is 4.39 Å². The van der Waals surface area contributed by atoms with Crippen LogP contribution >= 0.6 is 0 Å². The number of nitrogens with two attached hydrogens (primary N) is 1. The van der Waals surface area contributed by atoms with Gasteiger partial charge >= 0.3 is 0 Å². The fraction of sp³-hybridized carbons (Fsp3) is 0.533. The van der Waals surface area contributed by atoms with E-state index in [9.17, 15) is 9.18 Å². The van der Waals surface area contributed by atoms with E-state index in [0.717, 1.165) is 25.9 Å². The predicted octanol–water partition coefficient (Wildman–Crippen LogP) is 1.96. The maximum Gasteiger partial charge on any atom is 0.256 e. The van der Waals surface area contributed by atoms with Crippen LogP contribution in [0.25, 0.3) is 0 Å². The van der Waals surface area contributed by atoms with Crippen LogP contribution in [0.5, 0.6) is 0 Å². The molecule has 0 radical (unpaired) electrons. The van der Waals surface area contributed by atoms with Gasteiger partial charge in [-0.1, -0.05) is 6.92 Å². The lowest BCUT2D eigenvalue weighted by Crippen LogP contribution is -2.43. The SMILES string of the molecule is CCC1CN(C)CCCN1C(=O)c1cc(F)ccc1N. The first-order valence-electron chi connectivity index (χ1n) is 7.07. The van der Waals surface area contributed by atoms with Gasteiger partial charge in [0, 0.05) is 24.8 Å². The largest absolute Gasteiger partial charge is 0.398 e. The zero-order chi connectivity index (χ0) is 14.7. The van der Waals surface area contributed by atoms with Gasteiger partial charge in [-0.15, -0.1) is 0 Å². The van der Waals surface area contributed by atoms with Crippen molar-refractivity contribution in [1.82, 2.24) is 9.80 Å². The molecule has 20 heavy (non-hydrogen) atoms. The summed E-state index contributed by atoms with van der Waals surface area (Å²) in [5, 5.41) is 0. The highest BCUT2D eigenvalue weighted by atomic mass is 19.1. The Morgan fingerprint density at radius 2 is 2.20 bits per heavy atom. The minimum absolute atomic E-state index is 0.151. The van der Waals surface area contributed by atoms with Crippen molar-refractivity contribution in [3.63, 3.8) is 0 Å². The summed E-state index contributed by atoms with van der Waals surface area (Å²) in [4.78, 5) is 16.7. The highest BCUT2D eigenvalue weighted by molar-refractivity contribution is 5.99. The molecular formula is C15H22FN3O. The molecule has 2 N–H and O–H groups in total. The number of carbonyl (C=O) groups excluding carboxylic acids is 1. The lowest BCUT2D eigenvalue weighted by molar-refractivity contribution is 0.0676. The highest BCUT2D eigenvalue weighted by Crippen LogP contribution is 2.20. The summed E-state index contributed by atoms with van der Waals surface area (Å²) in [7, 11) is 2.06. The van der Waals surface area contributed by atoms with E-state index < -0.39 is 5.82 Å². The minimum Gasteiger partial charge on any atom is -0.398 e. The van der Waals surface area contributed by atoms with E-state index in [1.165, 1.54) is 18.2 Å². The average Bonchev–Trinajstić information content (AvgIpc) is 2.62. The first-order chi connectivity index (χ1) is 9.52. The van der Waals surface area contributed by atoms with E-state index in [0.29, 0.717) is 12.2 Å². The van der Waals surface area contributed by atoms with Crippen LogP contribution in [0, 0.1) is 5.82 Å². The van der Waals surface area contributed by atoms with E-state index in [2.05, 4.69) is 18.9 Å². The molecule has 1 fully saturated rings. The molecule has 1 aromatic carbocycles. The van der Waals surface area contributed by atoms with Gasteiger partial charge in [-0.05, 0) is 44.6 Å². The summed E-state index contributed by atoms with van der Waals surface area (Å²) < 4.78 is 13.4. The monoisotopic (exact) mass is 279 g/mol. The Morgan fingerprint density at radius 1 is 1.45 bits per heavy atom. The fourth-order valence-corrected chi connectivity index (χ4v) is 2.73. The summed E-state index contributed by atoms with van der Waals surface area (Å²) in [5.41, 5.74) is 6.43. The maximum absolute atomic E-state index is 13.4. The van der Waals surface area contributed by atoms with E-state index in [-0.39, 0.29) is 17.5 Å². The molecule has 0 aliphatic carbocycles. The molecule has 0 spiro atoms.